The predicted molar refractivity (Wildman–Crippen MR) is 357 cm³/mol. The van der Waals surface area contributed by atoms with E-state index in [1.807, 2.05) is 0 Å². The zero-order valence-corrected chi connectivity index (χ0v) is 46.2. The third kappa shape index (κ3) is 7.68. The summed E-state index contributed by atoms with van der Waals surface area (Å²) < 4.78 is 2.74. The summed E-state index contributed by atoms with van der Waals surface area (Å²) in [6, 6.07) is 113. The number of fused-ring (bicyclic) bond motifs is 11. The van der Waals surface area contributed by atoms with Gasteiger partial charge in [-0.15, -0.1) is 0 Å². The summed E-state index contributed by atoms with van der Waals surface area (Å²) >= 11 is 0. The molecule has 0 bridgehead atoms. The predicted octanol–water partition coefficient (Wildman–Crippen LogP) is 19.7. The summed E-state index contributed by atoms with van der Waals surface area (Å²) in [5, 5.41) is 10.2. The molecule has 2 aliphatic heterocycles. The van der Waals surface area contributed by atoms with Crippen molar-refractivity contribution in [1.82, 2.24) is 4.48 Å². The molecule has 0 spiro atoms. The van der Waals surface area contributed by atoms with Crippen LogP contribution in [0.3, 0.4) is 0 Å². The van der Waals surface area contributed by atoms with E-state index in [1.54, 1.807) is 0 Å². The van der Waals surface area contributed by atoms with Gasteiger partial charge in [0.1, 0.15) is 0 Å². The fraction of sp³-hybridized carbons (Fsp3) is 0.0250. The van der Waals surface area contributed by atoms with E-state index in [0.29, 0.717) is 0 Å². The zero-order valence-electron chi connectivity index (χ0n) is 46.2. The molecule has 0 saturated carbocycles. The van der Waals surface area contributed by atoms with E-state index >= 15 is 0 Å². The minimum absolute atomic E-state index is 0.211. The van der Waals surface area contributed by atoms with Gasteiger partial charge in [-0.1, -0.05) is 231 Å². The maximum absolute atomic E-state index is 2.74. The molecule has 84 heavy (non-hydrogen) atoms. The first-order chi connectivity index (χ1) is 41.7. The number of nitrogens with zero attached hydrogens (tertiary/aromatic N) is 3. The lowest BCUT2D eigenvalue weighted by Gasteiger charge is -2.42. The smallest absolute Gasteiger partial charge is 0.333 e. The number of aromatic nitrogens is 1. The summed E-state index contributed by atoms with van der Waals surface area (Å²) in [5.41, 5.74) is 24.2. The largest absolute Gasteiger partial charge is 0.375 e. The average molecular weight is 1070 g/mol. The summed E-state index contributed by atoms with van der Waals surface area (Å²) in [7, 11) is 0. The van der Waals surface area contributed by atoms with Gasteiger partial charge in [-0.05, 0) is 179 Å². The van der Waals surface area contributed by atoms with Crippen molar-refractivity contribution in [2.24, 2.45) is 0 Å². The molecule has 3 heterocycles. The molecule has 2 aliphatic rings. The average Bonchev–Trinajstić information content (AvgIpc) is 1.45. The fourth-order valence-electron chi connectivity index (χ4n) is 14.4. The van der Waals surface area contributed by atoms with Crippen LogP contribution in [-0.4, -0.2) is 11.3 Å². The number of para-hydroxylation sites is 3. The number of benzene rings is 14. The molecular weight excluding hydrogens is 1010 g/mol. The molecule has 1 aromatic heterocycles. The van der Waals surface area contributed by atoms with Crippen LogP contribution in [0.1, 0.15) is 22.3 Å². The molecule has 0 N–H and O–H groups in total. The van der Waals surface area contributed by atoms with Crippen molar-refractivity contribution in [3.05, 3.63) is 326 Å². The van der Waals surface area contributed by atoms with Gasteiger partial charge in [-0.2, -0.15) is 0 Å². The van der Waals surface area contributed by atoms with Gasteiger partial charge in [0.25, 0.3) is 0 Å². The Morgan fingerprint density at radius 3 is 1.40 bits per heavy atom. The van der Waals surface area contributed by atoms with Crippen molar-refractivity contribution >= 4 is 106 Å². The van der Waals surface area contributed by atoms with E-state index in [-0.39, 0.29) is 6.85 Å². The van der Waals surface area contributed by atoms with Crippen LogP contribution in [-0.2, 0) is 12.8 Å². The summed E-state index contributed by atoms with van der Waals surface area (Å²) in [5.74, 6) is 0. The molecule has 0 fully saturated rings. The highest BCUT2D eigenvalue weighted by Crippen LogP contribution is 2.52. The van der Waals surface area contributed by atoms with E-state index in [9.17, 15) is 0 Å². The molecule has 4 heteroatoms. The van der Waals surface area contributed by atoms with Gasteiger partial charge in [0.15, 0.2) is 0 Å². The normalized spacial score (nSPS) is 12.3. The van der Waals surface area contributed by atoms with Crippen molar-refractivity contribution in [1.29, 1.82) is 0 Å². The number of hydrogen-bond donors (Lipinski definition) is 0. The Balaban J connectivity index is 1.07. The van der Waals surface area contributed by atoms with Gasteiger partial charge in [0.2, 0.25) is 0 Å². The topological polar surface area (TPSA) is 11.4 Å². The molecule has 17 rings (SSSR count). The van der Waals surface area contributed by atoms with Gasteiger partial charge in [-0.3, -0.25) is 0 Å². The minimum Gasteiger partial charge on any atom is -0.375 e. The molecule has 14 aromatic carbocycles. The van der Waals surface area contributed by atoms with Crippen molar-refractivity contribution in [3.8, 4) is 33.4 Å². The third-order valence-electron chi connectivity index (χ3n) is 18.0. The van der Waals surface area contributed by atoms with Crippen LogP contribution in [0.4, 0.5) is 34.1 Å². The molecule has 0 radical (unpaired) electrons. The van der Waals surface area contributed by atoms with Crippen molar-refractivity contribution < 1.29 is 0 Å². The van der Waals surface area contributed by atoms with Crippen LogP contribution < -0.4 is 20.7 Å². The molecule has 392 valence electrons. The van der Waals surface area contributed by atoms with Gasteiger partial charge in [0, 0.05) is 61.5 Å². The summed E-state index contributed by atoms with van der Waals surface area (Å²) in [6.45, 7) is -0.211. The first-order valence-corrected chi connectivity index (χ1v) is 29.4. The van der Waals surface area contributed by atoms with Crippen LogP contribution in [0, 0.1) is 0 Å². The van der Waals surface area contributed by atoms with Crippen molar-refractivity contribution in [2.45, 2.75) is 12.8 Å². The Morgan fingerprint density at radius 1 is 0.333 bits per heavy atom. The Bertz CT molecular complexity index is 4960. The maximum atomic E-state index is 2.74. The van der Waals surface area contributed by atoms with Crippen LogP contribution in [0.5, 0.6) is 0 Å². The summed E-state index contributed by atoms with van der Waals surface area (Å²) in [4.78, 5) is 5.12. The van der Waals surface area contributed by atoms with Gasteiger partial charge in [0.05, 0.1) is 0 Å². The number of anilines is 6. The van der Waals surface area contributed by atoms with Gasteiger partial charge >= 0.3 is 6.85 Å². The second-order valence-electron chi connectivity index (χ2n) is 22.7. The van der Waals surface area contributed by atoms with E-state index in [4.69, 9.17) is 0 Å². The minimum atomic E-state index is -0.211. The van der Waals surface area contributed by atoms with Crippen LogP contribution in [0.2, 0.25) is 0 Å². The maximum Gasteiger partial charge on any atom is 0.333 e. The molecular formula is C80H54BN3. The van der Waals surface area contributed by atoms with Crippen molar-refractivity contribution in [2.75, 3.05) is 9.80 Å². The van der Waals surface area contributed by atoms with Crippen LogP contribution >= 0.6 is 0 Å². The lowest BCUT2D eigenvalue weighted by molar-refractivity contribution is 1.20. The van der Waals surface area contributed by atoms with E-state index in [0.717, 1.165) is 52.4 Å². The highest BCUT2D eigenvalue weighted by Gasteiger charge is 2.44. The number of hydrogen-bond acceptors (Lipinski definition) is 2. The SMILES string of the molecule is c1ccc(Cc2c3ccccc3c(Cc3ccccc3)c3cc4c(cc23)B2c3c(cc(N(c5ccccc5)c5ccccc5)cc3N4c3cc(-c4ccccc4)cc(-c4ccccc4)c3)-c3cc4ccccc4c4c5ccccc5n2c34)cc1. The Hall–Kier alpha value is -10.7. The monoisotopic (exact) mass is 1070 g/mol. The zero-order chi connectivity index (χ0) is 55.2. The number of rotatable bonds is 10. The Morgan fingerprint density at radius 2 is 0.821 bits per heavy atom. The lowest BCUT2D eigenvalue weighted by Crippen LogP contribution is -2.56. The molecule has 0 aliphatic carbocycles. The quantitative estimate of drug-likeness (QED) is 0.0999. The highest BCUT2D eigenvalue weighted by molar-refractivity contribution is 6.90. The highest BCUT2D eigenvalue weighted by atomic mass is 15.2. The van der Waals surface area contributed by atoms with E-state index in [1.165, 1.54) is 115 Å². The second kappa shape index (κ2) is 19.5. The Labute approximate surface area is 489 Å². The molecule has 0 unspecified atom stereocenters. The summed E-state index contributed by atoms with van der Waals surface area (Å²) in [6.07, 6.45) is 1.58. The van der Waals surface area contributed by atoms with Crippen molar-refractivity contribution in [3.63, 3.8) is 0 Å². The Kier molecular flexibility index (Phi) is 11.2. The van der Waals surface area contributed by atoms with E-state index in [2.05, 4.69) is 318 Å². The molecule has 0 saturated heterocycles. The first kappa shape index (κ1) is 48.1. The van der Waals surface area contributed by atoms with Crippen LogP contribution in [0.25, 0.3) is 87.5 Å². The fourth-order valence-corrected chi connectivity index (χ4v) is 14.4. The van der Waals surface area contributed by atoms with Gasteiger partial charge in [-0.25, -0.2) is 0 Å². The molecule has 15 aromatic rings. The second-order valence-corrected chi connectivity index (χ2v) is 22.7. The molecule has 0 amide bonds. The molecule has 3 nitrogen and oxygen atoms in total. The van der Waals surface area contributed by atoms with Gasteiger partial charge < -0.3 is 14.3 Å². The third-order valence-corrected chi connectivity index (χ3v) is 18.0. The van der Waals surface area contributed by atoms with E-state index < -0.39 is 0 Å². The van der Waals surface area contributed by atoms with Crippen LogP contribution in [0.15, 0.2) is 303 Å². The standard InChI is InChI=1S/C80H54BN3/c1-7-25-53(26-8-1)43-68-65-39-21-22-40-66(65)69(44-54-27-9-2-10-28-54)71-52-76-74(51-70(68)71)81-79-72(73-48-57-33-19-20-38-64(57)78-67-41-23-24-42-75(67)84(81)80(73)78)49-63(82(60-34-15-5-16-35-60)61-36-17-6-18-37-61)50-77(79)83(76)62-46-58(55-29-11-3-12-30-55)45-59(47-62)56-31-13-4-14-32-56/h1-42,45-52H,43-44H2. The lowest BCUT2D eigenvalue weighted by atomic mass is 9.44. The molecule has 0 atom stereocenters. The first-order valence-electron chi connectivity index (χ1n) is 29.4.